The third kappa shape index (κ3) is 3.39. The molecule has 2 heterocycles. The molecule has 1 saturated carbocycles. The molecule has 0 atom stereocenters. The van der Waals surface area contributed by atoms with E-state index in [0.29, 0.717) is 12.5 Å². The van der Waals surface area contributed by atoms with E-state index < -0.39 is 0 Å². The van der Waals surface area contributed by atoms with Crippen LogP contribution in [0.1, 0.15) is 31.4 Å². The predicted octanol–water partition coefficient (Wildman–Crippen LogP) is 2.36. The smallest absolute Gasteiger partial charge is 0.228 e. The number of para-hydroxylation sites is 1. The van der Waals surface area contributed by atoms with E-state index in [4.69, 9.17) is 4.52 Å². The van der Waals surface area contributed by atoms with Crippen molar-refractivity contribution in [3.63, 3.8) is 0 Å². The zero-order chi connectivity index (χ0) is 15.6. The lowest BCUT2D eigenvalue weighted by Gasteiger charge is -2.32. The zero-order valence-corrected chi connectivity index (χ0v) is 13.3. The first-order valence-corrected chi connectivity index (χ1v) is 8.64. The van der Waals surface area contributed by atoms with Crippen molar-refractivity contribution in [2.45, 2.75) is 38.1 Å². The SMILES string of the molecule is O=C(Cc1noc2ccccc12)N1CCC(NCC2CC2)CC1. The minimum absolute atomic E-state index is 0.157. The summed E-state index contributed by atoms with van der Waals surface area (Å²) < 4.78 is 5.28. The number of piperidine rings is 1. The van der Waals surface area contributed by atoms with E-state index in [2.05, 4.69) is 10.5 Å². The molecule has 1 saturated heterocycles. The van der Waals surface area contributed by atoms with Crippen molar-refractivity contribution in [1.82, 2.24) is 15.4 Å². The first-order chi connectivity index (χ1) is 11.3. The standard InChI is InChI=1S/C18H23N3O2/c22-18(11-16-15-3-1-2-4-17(15)23-20-16)21-9-7-14(8-10-21)19-12-13-5-6-13/h1-4,13-14,19H,5-12H2. The Bertz CT molecular complexity index is 684. The highest BCUT2D eigenvalue weighted by molar-refractivity contribution is 5.86. The number of hydrogen-bond donors (Lipinski definition) is 1. The topological polar surface area (TPSA) is 58.4 Å². The molecule has 23 heavy (non-hydrogen) atoms. The van der Waals surface area contributed by atoms with E-state index in [1.165, 1.54) is 12.8 Å². The number of carbonyl (C=O) groups excluding carboxylic acids is 1. The van der Waals surface area contributed by atoms with Crippen molar-refractivity contribution >= 4 is 16.9 Å². The second kappa shape index (κ2) is 6.32. The molecule has 2 aliphatic rings. The van der Waals surface area contributed by atoms with Crippen LogP contribution < -0.4 is 5.32 Å². The van der Waals surface area contributed by atoms with Gasteiger partial charge in [-0.25, -0.2) is 0 Å². The third-order valence-corrected chi connectivity index (χ3v) is 5.01. The molecule has 2 fully saturated rings. The molecule has 0 bridgehead atoms. The monoisotopic (exact) mass is 313 g/mol. The summed E-state index contributed by atoms with van der Waals surface area (Å²) in [7, 11) is 0. The van der Waals surface area contributed by atoms with Crippen LogP contribution in [0.25, 0.3) is 11.0 Å². The Hall–Kier alpha value is -1.88. The van der Waals surface area contributed by atoms with Gasteiger partial charge >= 0.3 is 0 Å². The van der Waals surface area contributed by atoms with E-state index >= 15 is 0 Å². The normalized spacial score (nSPS) is 19.4. The lowest BCUT2D eigenvalue weighted by atomic mass is 10.0. The Kier molecular flexibility index (Phi) is 4.04. The summed E-state index contributed by atoms with van der Waals surface area (Å²) in [5.41, 5.74) is 1.50. The number of rotatable bonds is 5. The molecule has 0 spiro atoms. The fraction of sp³-hybridized carbons (Fsp3) is 0.556. The predicted molar refractivity (Wildman–Crippen MR) is 88.0 cm³/mol. The molecule has 5 nitrogen and oxygen atoms in total. The number of carbonyl (C=O) groups is 1. The van der Waals surface area contributed by atoms with Crippen LogP contribution in [0.5, 0.6) is 0 Å². The second-order valence-electron chi connectivity index (χ2n) is 6.81. The van der Waals surface area contributed by atoms with E-state index in [1.54, 1.807) is 0 Å². The van der Waals surface area contributed by atoms with Crippen molar-refractivity contribution in [2.75, 3.05) is 19.6 Å². The number of fused-ring (bicyclic) bond motifs is 1. The number of nitrogens with one attached hydrogen (secondary N) is 1. The van der Waals surface area contributed by atoms with Gasteiger partial charge in [-0.15, -0.1) is 0 Å². The van der Waals surface area contributed by atoms with E-state index in [1.807, 2.05) is 29.2 Å². The molecule has 2 aromatic rings. The molecule has 122 valence electrons. The van der Waals surface area contributed by atoms with Crippen molar-refractivity contribution in [1.29, 1.82) is 0 Å². The van der Waals surface area contributed by atoms with Gasteiger partial charge in [-0.2, -0.15) is 0 Å². The summed E-state index contributed by atoms with van der Waals surface area (Å²) >= 11 is 0. The van der Waals surface area contributed by atoms with Gasteiger partial charge in [0.2, 0.25) is 5.91 Å². The lowest BCUT2D eigenvalue weighted by Crippen LogP contribution is -2.45. The highest BCUT2D eigenvalue weighted by Crippen LogP contribution is 2.28. The van der Waals surface area contributed by atoms with Gasteiger partial charge in [0.25, 0.3) is 0 Å². The van der Waals surface area contributed by atoms with Crippen LogP contribution in [0.4, 0.5) is 0 Å². The summed E-state index contributed by atoms with van der Waals surface area (Å²) in [5.74, 6) is 1.07. The van der Waals surface area contributed by atoms with Gasteiger partial charge in [-0.1, -0.05) is 17.3 Å². The van der Waals surface area contributed by atoms with E-state index in [9.17, 15) is 4.79 Å². The molecule has 1 amide bonds. The molecular formula is C18H23N3O2. The van der Waals surface area contributed by atoms with Crippen molar-refractivity contribution < 1.29 is 9.32 Å². The maximum atomic E-state index is 12.5. The van der Waals surface area contributed by atoms with Gasteiger partial charge < -0.3 is 14.7 Å². The molecule has 1 aromatic heterocycles. The summed E-state index contributed by atoms with van der Waals surface area (Å²) in [6.07, 6.45) is 5.21. The molecule has 0 unspecified atom stereocenters. The Morgan fingerprint density at radius 1 is 1.22 bits per heavy atom. The lowest BCUT2D eigenvalue weighted by molar-refractivity contribution is -0.131. The van der Waals surface area contributed by atoms with Crippen molar-refractivity contribution in [2.24, 2.45) is 5.92 Å². The van der Waals surface area contributed by atoms with Crippen LogP contribution in [-0.4, -0.2) is 41.6 Å². The number of hydrogen-bond acceptors (Lipinski definition) is 4. The van der Waals surface area contributed by atoms with Gasteiger partial charge in [0.05, 0.1) is 6.42 Å². The van der Waals surface area contributed by atoms with Crippen molar-refractivity contribution in [3.8, 4) is 0 Å². The molecule has 5 heteroatoms. The highest BCUT2D eigenvalue weighted by Gasteiger charge is 2.26. The number of benzene rings is 1. The number of amides is 1. The molecule has 4 rings (SSSR count). The molecule has 1 N–H and O–H groups in total. The molecule has 1 aliphatic carbocycles. The van der Waals surface area contributed by atoms with Gasteiger partial charge in [-0.05, 0) is 50.3 Å². The molecule has 1 aliphatic heterocycles. The largest absolute Gasteiger partial charge is 0.356 e. The third-order valence-electron chi connectivity index (χ3n) is 5.01. The Balaban J connectivity index is 1.31. The van der Waals surface area contributed by atoms with Crippen LogP contribution in [0.3, 0.4) is 0 Å². The Morgan fingerprint density at radius 2 is 2.00 bits per heavy atom. The summed E-state index contributed by atoms with van der Waals surface area (Å²) in [4.78, 5) is 14.5. The van der Waals surface area contributed by atoms with Gasteiger partial charge in [-0.3, -0.25) is 4.79 Å². The van der Waals surface area contributed by atoms with Crippen molar-refractivity contribution in [3.05, 3.63) is 30.0 Å². The summed E-state index contributed by atoms with van der Waals surface area (Å²) in [6, 6.07) is 8.28. The molecule has 1 aromatic carbocycles. The van der Waals surface area contributed by atoms with Crippen LogP contribution in [0.2, 0.25) is 0 Å². The van der Waals surface area contributed by atoms with Crippen LogP contribution in [0, 0.1) is 5.92 Å². The van der Waals surface area contributed by atoms with Gasteiger partial charge in [0.15, 0.2) is 5.58 Å². The van der Waals surface area contributed by atoms with Crippen LogP contribution in [0.15, 0.2) is 28.8 Å². The first kappa shape index (κ1) is 14.7. The fourth-order valence-electron chi connectivity index (χ4n) is 3.31. The first-order valence-electron chi connectivity index (χ1n) is 8.64. The minimum atomic E-state index is 0.157. The molecular weight excluding hydrogens is 290 g/mol. The van der Waals surface area contributed by atoms with E-state index in [-0.39, 0.29) is 5.91 Å². The average molecular weight is 313 g/mol. The quantitative estimate of drug-likeness (QED) is 0.920. The van der Waals surface area contributed by atoms with Gasteiger partial charge in [0.1, 0.15) is 5.69 Å². The Labute approximate surface area is 136 Å². The summed E-state index contributed by atoms with van der Waals surface area (Å²) in [6.45, 7) is 2.84. The van der Waals surface area contributed by atoms with Crippen LogP contribution >= 0.6 is 0 Å². The maximum Gasteiger partial charge on any atom is 0.228 e. The Morgan fingerprint density at radius 3 is 2.78 bits per heavy atom. The highest BCUT2D eigenvalue weighted by atomic mass is 16.5. The molecule has 0 radical (unpaired) electrons. The second-order valence-corrected chi connectivity index (χ2v) is 6.81. The summed E-state index contributed by atoms with van der Waals surface area (Å²) in [5, 5.41) is 8.66. The van der Waals surface area contributed by atoms with Crippen LogP contribution in [-0.2, 0) is 11.2 Å². The average Bonchev–Trinajstić information content (AvgIpc) is 3.34. The number of aromatic nitrogens is 1. The maximum absolute atomic E-state index is 12.5. The minimum Gasteiger partial charge on any atom is -0.356 e. The number of nitrogens with zero attached hydrogens (tertiary/aromatic N) is 2. The fourth-order valence-corrected chi connectivity index (χ4v) is 3.31. The van der Waals surface area contributed by atoms with Gasteiger partial charge in [0, 0.05) is 24.5 Å². The zero-order valence-electron chi connectivity index (χ0n) is 13.3. The van der Waals surface area contributed by atoms with E-state index in [0.717, 1.165) is 55.1 Å². The number of likely N-dealkylation sites (tertiary alicyclic amines) is 1.